The molecule has 1 aliphatic rings. The Balaban J connectivity index is 2.34. The Morgan fingerprint density at radius 2 is 1.74 bits per heavy atom. The minimum Gasteiger partial charge on any atom is -0.505 e. The molecule has 0 saturated heterocycles. The molecule has 0 saturated carbocycles. The number of halogens is 1. The van der Waals surface area contributed by atoms with Gasteiger partial charge >= 0.3 is 5.97 Å². The van der Waals surface area contributed by atoms with Crippen molar-refractivity contribution in [3.63, 3.8) is 0 Å². The summed E-state index contributed by atoms with van der Waals surface area (Å²) in [6.45, 7) is 4.84. The van der Waals surface area contributed by atoms with Gasteiger partial charge in [0.1, 0.15) is 6.54 Å². The fraction of sp³-hybridized carbons (Fsp3) is 0.174. The molecule has 0 fully saturated rings. The predicted octanol–water partition coefficient (Wildman–Crippen LogP) is 4.51. The molecule has 0 aromatic heterocycles. The number of allylic oxidation sites excluding steroid dienone is 1. The number of hydrogen-bond donors (Lipinski definition) is 3. The Morgan fingerprint density at radius 3 is 2.35 bits per heavy atom. The minimum atomic E-state index is -1.20. The zero-order chi connectivity index (χ0) is 22.7. The monoisotopic (exact) mass is 439 g/mol. The summed E-state index contributed by atoms with van der Waals surface area (Å²) in [7, 11) is 0. The molecule has 0 spiro atoms. The van der Waals surface area contributed by atoms with Crippen molar-refractivity contribution in [3.8, 4) is 11.1 Å². The summed E-state index contributed by atoms with van der Waals surface area (Å²) in [6, 6.07) is 12.7. The van der Waals surface area contributed by atoms with Crippen molar-refractivity contribution < 1.29 is 19.8 Å². The van der Waals surface area contributed by atoms with E-state index in [2.05, 4.69) is 10.4 Å². The maximum atomic E-state index is 12.8. The number of carboxylic acids is 1. The van der Waals surface area contributed by atoms with E-state index in [-0.39, 0.29) is 11.5 Å². The van der Waals surface area contributed by atoms with Gasteiger partial charge in [0.2, 0.25) is 0 Å². The van der Waals surface area contributed by atoms with E-state index >= 15 is 0 Å². The second kappa shape index (κ2) is 9.06. The van der Waals surface area contributed by atoms with Crippen molar-refractivity contribution in [1.29, 1.82) is 0 Å². The molecule has 2 aromatic carbocycles. The highest BCUT2D eigenvalue weighted by molar-refractivity contribution is 6.33. The largest absolute Gasteiger partial charge is 0.505 e. The first-order valence-corrected chi connectivity index (χ1v) is 9.93. The van der Waals surface area contributed by atoms with Gasteiger partial charge in [-0.25, -0.2) is 5.01 Å². The van der Waals surface area contributed by atoms with Crippen LogP contribution in [0, 0.1) is 0 Å². The molecule has 1 amide bonds. The fourth-order valence-electron chi connectivity index (χ4n) is 3.49. The van der Waals surface area contributed by atoms with Crippen molar-refractivity contribution in [2.45, 2.75) is 20.8 Å². The lowest BCUT2D eigenvalue weighted by Crippen LogP contribution is -2.37. The quantitative estimate of drug-likeness (QED) is 0.595. The number of amides is 1. The molecule has 31 heavy (non-hydrogen) atoms. The number of fused-ring (bicyclic) bond motifs is 1. The number of hydrogen-bond acceptors (Lipinski definition) is 5. The first-order valence-electron chi connectivity index (χ1n) is 9.56. The van der Waals surface area contributed by atoms with Crippen LogP contribution in [-0.2, 0) is 9.59 Å². The average molecular weight is 440 g/mol. The van der Waals surface area contributed by atoms with Gasteiger partial charge in [-0.1, -0.05) is 48.0 Å². The molecular formula is C23H22ClN3O4. The highest BCUT2D eigenvalue weighted by atomic mass is 35.5. The van der Waals surface area contributed by atoms with Crippen LogP contribution in [0.3, 0.4) is 0 Å². The van der Waals surface area contributed by atoms with Gasteiger partial charge < -0.3 is 15.5 Å². The Hall–Kier alpha value is -3.58. The Labute approximate surface area is 185 Å². The summed E-state index contributed by atoms with van der Waals surface area (Å²) < 4.78 is 0. The molecule has 0 radical (unpaired) electrons. The van der Waals surface area contributed by atoms with Gasteiger partial charge in [-0.15, -0.1) is 0 Å². The van der Waals surface area contributed by atoms with Crippen molar-refractivity contribution in [2.24, 2.45) is 5.10 Å². The van der Waals surface area contributed by atoms with Crippen molar-refractivity contribution in [3.05, 3.63) is 69.9 Å². The molecule has 3 N–H and O–H groups in total. The lowest BCUT2D eigenvalue weighted by atomic mass is 9.87. The maximum absolute atomic E-state index is 12.8. The van der Waals surface area contributed by atoms with E-state index in [0.29, 0.717) is 21.8 Å². The summed E-state index contributed by atoms with van der Waals surface area (Å²) in [5.74, 6) is -2.25. The van der Waals surface area contributed by atoms with Gasteiger partial charge in [0, 0.05) is 27.9 Å². The first-order chi connectivity index (χ1) is 14.8. The van der Waals surface area contributed by atoms with Crippen LogP contribution in [0.25, 0.3) is 22.6 Å². The van der Waals surface area contributed by atoms with Gasteiger partial charge in [-0.3, -0.25) is 9.59 Å². The van der Waals surface area contributed by atoms with Gasteiger partial charge in [-0.2, -0.15) is 5.10 Å². The topological polar surface area (TPSA) is 102 Å². The number of aliphatic carboxylic acids is 1. The summed E-state index contributed by atoms with van der Waals surface area (Å²) >= 11 is 6.46. The second-order valence-electron chi connectivity index (χ2n) is 7.02. The van der Waals surface area contributed by atoms with E-state index < -0.39 is 18.4 Å². The number of rotatable bonds is 5. The number of hydrazone groups is 1. The van der Waals surface area contributed by atoms with Crippen molar-refractivity contribution in [1.82, 2.24) is 10.3 Å². The Kier molecular flexibility index (Phi) is 6.46. The highest BCUT2D eigenvalue weighted by Crippen LogP contribution is 2.45. The minimum absolute atomic E-state index is 0.153. The summed E-state index contributed by atoms with van der Waals surface area (Å²) in [5, 5.41) is 28.5. The molecule has 3 rings (SSSR count). The van der Waals surface area contributed by atoms with E-state index in [0.717, 1.165) is 16.7 Å². The van der Waals surface area contributed by atoms with Crippen LogP contribution in [0.2, 0.25) is 5.02 Å². The molecule has 0 unspecified atom stereocenters. The zero-order valence-corrected chi connectivity index (χ0v) is 18.1. The Bertz CT molecular complexity index is 1150. The number of nitrogens with zero attached hydrogens (tertiary/aromatic N) is 2. The van der Waals surface area contributed by atoms with Gasteiger partial charge in [0.05, 0.1) is 5.70 Å². The molecule has 1 heterocycles. The van der Waals surface area contributed by atoms with Crippen LogP contribution < -0.4 is 5.32 Å². The number of aliphatic hydroxyl groups excluding tert-OH is 1. The summed E-state index contributed by atoms with van der Waals surface area (Å²) in [5.41, 5.74) is 3.92. The molecular weight excluding hydrogens is 418 g/mol. The van der Waals surface area contributed by atoms with Crippen LogP contribution in [0.1, 0.15) is 31.9 Å². The molecule has 0 bridgehead atoms. The smallest absolute Gasteiger partial charge is 0.322 e. The second-order valence-corrected chi connectivity index (χ2v) is 7.42. The number of benzene rings is 2. The number of carbonyl (C=O) groups is 2. The molecule has 7 nitrogen and oxygen atoms in total. The normalized spacial score (nSPS) is 13.4. The van der Waals surface area contributed by atoms with Crippen LogP contribution >= 0.6 is 11.6 Å². The molecule has 2 aromatic rings. The van der Waals surface area contributed by atoms with Crippen LogP contribution in [0.5, 0.6) is 0 Å². The van der Waals surface area contributed by atoms with E-state index in [1.165, 1.54) is 11.2 Å². The van der Waals surface area contributed by atoms with Crippen molar-refractivity contribution in [2.75, 3.05) is 6.54 Å². The van der Waals surface area contributed by atoms with E-state index in [9.17, 15) is 14.7 Å². The fourth-order valence-corrected chi connectivity index (χ4v) is 3.73. The Morgan fingerprint density at radius 1 is 1.10 bits per heavy atom. The SMILES string of the molecule is C/C=N\N1C(C(=O)NCC(=O)O)=C(O)c2cccc(-c3ccccc3Cl)c2C1=C(C)C. The third-order valence-electron chi connectivity index (χ3n) is 4.69. The molecule has 0 aliphatic carbocycles. The number of aliphatic hydroxyl groups is 1. The standard InChI is InChI=1S/C23H22ClN3O4/c1-4-26-27-20(13(2)3)19-15(14-8-5-6-11-17(14)24)9-7-10-16(19)22(30)21(27)23(31)25-12-18(28)29/h4-11,30H,12H2,1-3H3,(H,25,31)(H,28,29)/b26-4-. The average Bonchev–Trinajstić information content (AvgIpc) is 2.72. The highest BCUT2D eigenvalue weighted by Gasteiger charge is 2.35. The lowest BCUT2D eigenvalue weighted by molar-refractivity contribution is -0.137. The van der Waals surface area contributed by atoms with E-state index in [1.807, 2.05) is 38.1 Å². The van der Waals surface area contributed by atoms with Crippen LogP contribution in [0.15, 0.2) is 58.8 Å². The van der Waals surface area contributed by atoms with Crippen LogP contribution in [0.4, 0.5) is 0 Å². The lowest BCUT2D eigenvalue weighted by Gasteiger charge is -2.33. The number of carboxylic acid groups (broad SMARTS) is 1. The number of carbonyl (C=O) groups excluding carboxylic acids is 1. The number of nitrogens with one attached hydrogen (secondary N) is 1. The predicted molar refractivity (Wildman–Crippen MR) is 121 cm³/mol. The third kappa shape index (κ3) is 4.18. The molecule has 8 heteroatoms. The third-order valence-corrected chi connectivity index (χ3v) is 5.02. The van der Waals surface area contributed by atoms with Crippen molar-refractivity contribution >= 4 is 41.1 Å². The zero-order valence-electron chi connectivity index (χ0n) is 17.3. The van der Waals surface area contributed by atoms with Gasteiger partial charge in [-0.05, 0) is 38.0 Å². The first kappa shape index (κ1) is 22.1. The molecule has 0 atom stereocenters. The molecule has 1 aliphatic heterocycles. The van der Waals surface area contributed by atoms with E-state index in [4.69, 9.17) is 16.7 Å². The molecule has 160 valence electrons. The van der Waals surface area contributed by atoms with Gasteiger partial charge in [0.15, 0.2) is 11.5 Å². The van der Waals surface area contributed by atoms with Crippen LogP contribution in [-0.4, -0.2) is 39.9 Å². The summed E-state index contributed by atoms with van der Waals surface area (Å²) in [4.78, 5) is 23.8. The van der Waals surface area contributed by atoms with E-state index in [1.54, 1.807) is 25.1 Å². The summed E-state index contributed by atoms with van der Waals surface area (Å²) in [6.07, 6.45) is 1.49. The maximum Gasteiger partial charge on any atom is 0.322 e. The van der Waals surface area contributed by atoms with Gasteiger partial charge in [0.25, 0.3) is 5.91 Å².